The highest BCUT2D eigenvalue weighted by atomic mass is 35.5. The van der Waals surface area contributed by atoms with Crippen LogP contribution in [0.1, 0.15) is 24.9 Å². The molecule has 0 saturated carbocycles. The van der Waals surface area contributed by atoms with Gasteiger partial charge >= 0.3 is 5.97 Å². The van der Waals surface area contributed by atoms with E-state index in [-0.39, 0.29) is 18.4 Å². The topological polar surface area (TPSA) is 38.8 Å². The van der Waals surface area contributed by atoms with Gasteiger partial charge in [0.25, 0.3) is 0 Å². The van der Waals surface area contributed by atoms with Gasteiger partial charge in [-0.3, -0.25) is 9.69 Å². The van der Waals surface area contributed by atoms with E-state index in [0.29, 0.717) is 29.9 Å². The first-order chi connectivity index (χ1) is 10.1. The number of carbonyl (C=O) groups is 1. The number of hydrogen-bond donors (Lipinski definition) is 0. The summed E-state index contributed by atoms with van der Waals surface area (Å²) < 4.78 is 10.5. The van der Waals surface area contributed by atoms with Crippen LogP contribution >= 0.6 is 23.2 Å². The predicted octanol–water partition coefficient (Wildman–Crippen LogP) is 3.32. The molecule has 0 aliphatic carbocycles. The Labute approximate surface area is 134 Å². The molecule has 116 valence electrons. The Morgan fingerprint density at radius 2 is 1.95 bits per heavy atom. The van der Waals surface area contributed by atoms with Crippen molar-refractivity contribution < 1.29 is 14.3 Å². The molecule has 0 spiro atoms. The van der Waals surface area contributed by atoms with E-state index in [1.54, 1.807) is 25.1 Å². The van der Waals surface area contributed by atoms with Crippen molar-refractivity contribution in [1.82, 2.24) is 4.90 Å². The lowest BCUT2D eigenvalue weighted by Crippen LogP contribution is -2.40. The minimum absolute atomic E-state index is 0.186. The summed E-state index contributed by atoms with van der Waals surface area (Å²) in [6.07, 6.45) is 0.233. The summed E-state index contributed by atoms with van der Waals surface area (Å²) >= 11 is 12.6. The van der Waals surface area contributed by atoms with Gasteiger partial charge in [-0.1, -0.05) is 29.3 Å². The number of carbonyl (C=O) groups excluding carboxylic acids is 1. The SMILES string of the molecule is CCOC(=O)CC(c1c(Cl)cccc1Cl)N1CCOCC1. The molecule has 0 N–H and O–H groups in total. The second kappa shape index (κ2) is 7.99. The van der Waals surface area contributed by atoms with Gasteiger partial charge in [0.2, 0.25) is 0 Å². The molecule has 0 radical (unpaired) electrons. The third-order valence-electron chi connectivity index (χ3n) is 3.48. The molecule has 1 heterocycles. The van der Waals surface area contributed by atoms with Gasteiger partial charge in [0.15, 0.2) is 0 Å². The number of halogens is 2. The molecule has 4 nitrogen and oxygen atoms in total. The molecule has 1 aliphatic heterocycles. The molecule has 1 saturated heterocycles. The van der Waals surface area contributed by atoms with Gasteiger partial charge in [-0.25, -0.2) is 0 Å². The van der Waals surface area contributed by atoms with Gasteiger partial charge in [-0.2, -0.15) is 0 Å². The quantitative estimate of drug-likeness (QED) is 0.776. The molecule has 1 aromatic rings. The van der Waals surface area contributed by atoms with Crippen LogP contribution < -0.4 is 0 Å². The van der Waals surface area contributed by atoms with E-state index in [2.05, 4.69) is 4.90 Å². The minimum atomic E-state index is -0.245. The molecule has 21 heavy (non-hydrogen) atoms. The van der Waals surface area contributed by atoms with E-state index in [1.165, 1.54) is 0 Å². The third-order valence-corrected chi connectivity index (χ3v) is 4.14. The van der Waals surface area contributed by atoms with Crippen molar-refractivity contribution in [2.24, 2.45) is 0 Å². The summed E-state index contributed by atoms with van der Waals surface area (Å²) in [7, 11) is 0. The maximum absolute atomic E-state index is 11.9. The van der Waals surface area contributed by atoms with E-state index >= 15 is 0 Å². The summed E-state index contributed by atoms with van der Waals surface area (Å²) in [5.41, 5.74) is 0.788. The fraction of sp³-hybridized carbons (Fsp3) is 0.533. The zero-order valence-electron chi connectivity index (χ0n) is 12.0. The maximum Gasteiger partial charge on any atom is 0.307 e. The van der Waals surface area contributed by atoms with Crippen LogP contribution in [-0.2, 0) is 14.3 Å². The predicted molar refractivity (Wildman–Crippen MR) is 82.8 cm³/mol. The summed E-state index contributed by atoms with van der Waals surface area (Å²) in [6, 6.07) is 5.20. The summed E-state index contributed by atoms with van der Waals surface area (Å²) in [6.45, 7) is 4.93. The summed E-state index contributed by atoms with van der Waals surface area (Å²) in [5.74, 6) is -0.245. The van der Waals surface area contributed by atoms with Crippen molar-refractivity contribution in [3.63, 3.8) is 0 Å². The highest BCUT2D eigenvalue weighted by Gasteiger charge is 2.28. The molecule has 2 rings (SSSR count). The van der Waals surface area contributed by atoms with Crippen LogP contribution in [0.4, 0.5) is 0 Å². The summed E-state index contributed by atoms with van der Waals surface area (Å²) in [4.78, 5) is 14.1. The largest absolute Gasteiger partial charge is 0.466 e. The normalized spacial score (nSPS) is 17.5. The number of ether oxygens (including phenoxy) is 2. The standard InChI is InChI=1S/C15H19Cl2NO3/c1-2-21-14(19)10-13(18-6-8-20-9-7-18)15-11(16)4-3-5-12(15)17/h3-5,13H,2,6-10H2,1H3. The molecule has 1 aliphatic rings. The number of esters is 1. The van der Waals surface area contributed by atoms with E-state index in [1.807, 2.05) is 0 Å². The van der Waals surface area contributed by atoms with Crippen molar-refractivity contribution in [2.45, 2.75) is 19.4 Å². The third kappa shape index (κ3) is 4.33. The van der Waals surface area contributed by atoms with Gasteiger partial charge < -0.3 is 9.47 Å². The molecule has 0 aromatic heterocycles. The van der Waals surface area contributed by atoms with Crippen LogP contribution in [-0.4, -0.2) is 43.8 Å². The molecule has 1 fully saturated rings. The lowest BCUT2D eigenvalue weighted by molar-refractivity contribution is -0.145. The zero-order valence-corrected chi connectivity index (χ0v) is 13.5. The van der Waals surface area contributed by atoms with Crippen molar-refractivity contribution in [3.05, 3.63) is 33.8 Å². The number of morpholine rings is 1. The Kier molecular flexibility index (Phi) is 6.30. The van der Waals surface area contributed by atoms with Crippen molar-refractivity contribution in [1.29, 1.82) is 0 Å². The fourth-order valence-electron chi connectivity index (χ4n) is 2.51. The smallest absolute Gasteiger partial charge is 0.307 e. The highest BCUT2D eigenvalue weighted by molar-refractivity contribution is 6.36. The van der Waals surface area contributed by atoms with Gasteiger partial charge in [-0.15, -0.1) is 0 Å². The Hall–Kier alpha value is -0.810. The van der Waals surface area contributed by atoms with Gasteiger partial charge in [-0.05, 0) is 19.1 Å². The van der Waals surface area contributed by atoms with Gasteiger partial charge in [0.05, 0.1) is 26.2 Å². The van der Waals surface area contributed by atoms with Crippen molar-refractivity contribution in [3.8, 4) is 0 Å². The van der Waals surface area contributed by atoms with Crippen molar-refractivity contribution >= 4 is 29.2 Å². The van der Waals surface area contributed by atoms with E-state index in [0.717, 1.165) is 18.7 Å². The van der Waals surface area contributed by atoms with E-state index in [4.69, 9.17) is 32.7 Å². The van der Waals surface area contributed by atoms with Crippen LogP contribution in [0.5, 0.6) is 0 Å². The fourth-order valence-corrected chi connectivity index (χ4v) is 3.16. The molecular formula is C15H19Cl2NO3. The summed E-state index contributed by atoms with van der Waals surface area (Å²) in [5, 5.41) is 1.14. The highest BCUT2D eigenvalue weighted by Crippen LogP contribution is 2.36. The lowest BCUT2D eigenvalue weighted by atomic mass is 10.0. The van der Waals surface area contributed by atoms with Crippen LogP contribution in [0.25, 0.3) is 0 Å². The molecule has 6 heteroatoms. The zero-order chi connectivity index (χ0) is 15.2. The molecule has 1 atom stereocenters. The number of hydrogen-bond acceptors (Lipinski definition) is 4. The molecular weight excluding hydrogens is 313 g/mol. The first-order valence-corrected chi connectivity index (χ1v) is 7.80. The van der Waals surface area contributed by atoms with Crippen LogP contribution in [0.2, 0.25) is 10.0 Å². The Bertz CT molecular complexity index is 470. The second-order valence-electron chi connectivity index (χ2n) is 4.81. The maximum atomic E-state index is 11.9. The van der Waals surface area contributed by atoms with E-state index < -0.39 is 0 Å². The molecule has 1 aromatic carbocycles. The van der Waals surface area contributed by atoms with Crippen LogP contribution in [0, 0.1) is 0 Å². The first-order valence-electron chi connectivity index (χ1n) is 7.04. The van der Waals surface area contributed by atoms with Crippen molar-refractivity contribution in [2.75, 3.05) is 32.9 Å². The minimum Gasteiger partial charge on any atom is -0.466 e. The lowest BCUT2D eigenvalue weighted by Gasteiger charge is -2.35. The molecule has 1 unspecified atom stereocenters. The average Bonchev–Trinajstić information content (AvgIpc) is 2.47. The first kappa shape index (κ1) is 16.6. The van der Waals surface area contributed by atoms with Crippen LogP contribution in [0.3, 0.4) is 0 Å². The van der Waals surface area contributed by atoms with E-state index in [9.17, 15) is 4.79 Å². The second-order valence-corrected chi connectivity index (χ2v) is 5.62. The number of benzene rings is 1. The Morgan fingerprint density at radius 1 is 1.33 bits per heavy atom. The monoisotopic (exact) mass is 331 g/mol. The number of rotatable bonds is 5. The Balaban J connectivity index is 2.28. The number of nitrogens with zero attached hydrogens (tertiary/aromatic N) is 1. The van der Waals surface area contributed by atoms with Crippen LogP contribution in [0.15, 0.2) is 18.2 Å². The average molecular weight is 332 g/mol. The Morgan fingerprint density at radius 3 is 2.52 bits per heavy atom. The van der Waals surface area contributed by atoms with Gasteiger partial charge in [0.1, 0.15) is 0 Å². The molecule has 0 bridgehead atoms. The molecule has 0 amide bonds. The van der Waals surface area contributed by atoms with Gasteiger partial charge in [0, 0.05) is 34.7 Å².